The zero-order valence-electron chi connectivity index (χ0n) is 12.0. The fourth-order valence-electron chi connectivity index (χ4n) is 2.75. The number of nitrogens with zero attached hydrogens (tertiary/aromatic N) is 1. The average Bonchev–Trinajstić information content (AvgIpc) is 2.38. The van der Waals surface area contributed by atoms with Crippen molar-refractivity contribution in [1.82, 2.24) is 4.90 Å². The molecule has 0 aromatic heterocycles. The summed E-state index contributed by atoms with van der Waals surface area (Å²) in [5.74, 6) is -1.63. The highest BCUT2D eigenvalue weighted by atomic mass is 32.2. The molecule has 20 heavy (non-hydrogen) atoms. The van der Waals surface area contributed by atoms with Crippen LogP contribution in [0.4, 0.5) is 8.78 Å². The molecule has 1 saturated heterocycles. The minimum Gasteiger partial charge on any atom is -0.324 e. The molecule has 0 amide bonds. The Balaban J connectivity index is 1.91. The van der Waals surface area contributed by atoms with Gasteiger partial charge < -0.3 is 10.6 Å². The molecule has 1 aliphatic rings. The highest BCUT2D eigenvalue weighted by Crippen LogP contribution is 2.26. The van der Waals surface area contributed by atoms with Crippen LogP contribution in [-0.4, -0.2) is 35.0 Å². The number of hydrogen-bond donors (Lipinski definition) is 1. The van der Waals surface area contributed by atoms with E-state index in [-0.39, 0.29) is 5.56 Å². The van der Waals surface area contributed by atoms with Crippen LogP contribution < -0.4 is 5.73 Å². The molecule has 0 spiro atoms. The van der Waals surface area contributed by atoms with E-state index in [4.69, 9.17) is 5.73 Å². The molecule has 0 aliphatic carbocycles. The van der Waals surface area contributed by atoms with Crippen molar-refractivity contribution in [1.29, 1.82) is 0 Å². The van der Waals surface area contributed by atoms with Gasteiger partial charge >= 0.3 is 0 Å². The van der Waals surface area contributed by atoms with Gasteiger partial charge in [0.15, 0.2) is 11.6 Å². The summed E-state index contributed by atoms with van der Waals surface area (Å²) >= 11 is 2.00. The molecule has 1 heterocycles. The first-order valence-corrected chi connectivity index (χ1v) is 7.99. The highest BCUT2D eigenvalue weighted by molar-refractivity contribution is 8.00. The number of rotatable bonds is 4. The number of hydrogen-bond acceptors (Lipinski definition) is 3. The van der Waals surface area contributed by atoms with Gasteiger partial charge in [0.25, 0.3) is 0 Å². The topological polar surface area (TPSA) is 29.3 Å². The molecule has 2 nitrogen and oxygen atoms in total. The largest absolute Gasteiger partial charge is 0.324 e. The lowest BCUT2D eigenvalue weighted by atomic mass is 10.0. The molecule has 0 radical (unpaired) electrons. The van der Waals surface area contributed by atoms with Crippen LogP contribution in [0.2, 0.25) is 0 Å². The first-order chi connectivity index (χ1) is 9.47. The normalized spacial score (nSPS) is 25.6. The van der Waals surface area contributed by atoms with Gasteiger partial charge in [0.05, 0.1) is 0 Å². The SMILES string of the molecule is CC1CN(CCC(N)c2cccc(F)c2F)CC(C)S1. The summed E-state index contributed by atoms with van der Waals surface area (Å²) in [4.78, 5) is 2.36. The molecule has 1 aliphatic heterocycles. The minimum absolute atomic E-state index is 0.275. The molecule has 0 saturated carbocycles. The molecule has 0 bridgehead atoms. The standard InChI is InChI=1S/C15H22F2N2S/c1-10-8-19(9-11(2)20-10)7-6-14(18)12-4-3-5-13(16)15(12)17/h3-5,10-11,14H,6-9,18H2,1-2H3. The Kier molecular flexibility index (Phi) is 5.41. The van der Waals surface area contributed by atoms with Crippen LogP contribution in [0.3, 0.4) is 0 Å². The second-order valence-corrected chi connectivity index (χ2v) is 7.44. The summed E-state index contributed by atoms with van der Waals surface area (Å²) in [6.45, 7) is 7.34. The van der Waals surface area contributed by atoms with E-state index < -0.39 is 17.7 Å². The molecule has 112 valence electrons. The van der Waals surface area contributed by atoms with Crippen LogP contribution in [0.1, 0.15) is 31.9 Å². The zero-order valence-corrected chi connectivity index (χ0v) is 12.8. The van der Waals surface area contributed by atoms with Crippen LogP contribution in [-0.2, 0) is 0 Å². The van der Waals surface area contributed by atoms with Crippen molar-refractivity contribution in [2.45, 2.75) is 36.8 Å². The molecule has 3 atom stereocenters. The Labute approximate surface area is 123 Å². The van der Waals surface area contributed by atoms with Gasteiger partial charge in [-0.3, -0.25) is 0 Å². The molecule has 5 heteroatoms. The number of thioether (sulfide) groups is 1. The summed E-state index contributed by atoms with van der Waals surface area (Å²) < 4.78 is 26.9. The fraction of sp³-hybridized carbons (Fsp3) is 0.600. The van der Waals surface area contributed by atoms with Crippen molar-refractivity contribution in [2.75, 3.05) is 19.6 Å². The van der Waals surface area contributed by atoms with Gasteiger partial charge in [-0.2, -0.15) is 11.8 Å². The summed E-state index contributed by atoms with van der Waals surface area (Å²) in [5, 5.41) is 1.22. The Morgan fingerprint density at radius 1 is 1.30 bits per heavy atom. The minimum atomic E-state index is -0.824. The molecular formula is C15H22F2N2S. The zero-order chi connectivity index (χ0) is 14.7. The maximum atomic E-state index is 13.7. The van der Waals surface area contributed by atoms with E-state index >= 15 is 0 Å². The average molecular weight is 300 g/mol. The van der Waals surface area contributed by atoms with Gasteiger partial charge in [-0.15, -0.1) is 0 Å². The van der Waals surface area contributed by atoms with Crippen LogP contribution in [0.25, 0.3) is 0 Å². The van der Waals surface area contributed by atoms with E-state index in [0.717, 1.165) is 25.7 Å². The van der Waals surface area contributed by atoms with Crippen molar-refractivity contribution in [3.63, 3.8) is 0 Å². The second kappa shape index (κ2) is 6.87. The molecule has 2 rings (SSSR count). The van der Waals surface area contributed by atoms with Gasteiger partial charge in [-0.25, -0.2) is 8.78 Å². The van der Waals surface area contributed by atoms with Gasteiger partial charge in [-0.1, -0.05) is 26.0 Å². The molecule has 1 aromatic rings. The van der Waals surface area contributed by atoms with Crippen molar-refractivity contribution in [3.05, 3.63) is 35.4 Å². The lowest BCUT2D eigenvalue weighted by molar-refractivity contribution is 0.260. The first kappa shape index (κ1) is 15.7. The van der Waals surface area contributed by atoms with E-state index in [9.17, 15) is 8.78 Å². The first-order valence-electron chi connectivity index (χ1n) is 7.04. The Hall–Kier alpha value is -0.650. The van der Waals surface area contributed by atoms with E-state index in [0.29, 0.717) is 16.9 Å². The van der Waals surface area contributed by atoms with Crippen molar-refractivity contribution in [3.8, 4) is 0 Å². The van der Waals surface area contributed by atoms with Crippen LogP contribution in [0.15, 0.2) is 18.2 Å². The molecular weight excluding hydrogens is 278 g/mol. The van der Waals surface area contributed by atoms with Crippen molar-refractivity contribution >= 4 is 11.8 Å². The van der Waals surface area contributed by atoms with Gasteiger partial charge in [0.1, 0.15) is 0 Å². The molecule has 2 N–H and O–H groups in total. The number of nitrogens with two attached hydrogens (primary N) is 1. The van der Waals surface area contributed by atoms with E-state index in [1.54, 1.807) is 6.07 Å². The fourth-order valence-corrected chi connectivity index (χ4v) is 4.14. The third kappa shape index (κ3) is 3.93. The van der Waals surface area contributed by atoms with Gasteiger partial charge in [0.2, 0.25) is 0 Å². The van der Waals surface area contributed by atoms with Crippen LogP contribution in [0.5, 0.6) is 0 Å². The maximum Gasteiger partial charge on any atom is 0.163 e. The Morgan fingerprint density at radius 2 is 1.95 bits per heavy atom. The van der Waals surface area contributed by atoms with Crippen molar-refractivity contribution < 1.29 is 8.78 Å². The summed E-state index contributed by atoms with van der Waals surface area (Å²) in [6, 6.07) is 3.75. The molecule has 1 fully saturated rings. The smallest absolute Gasteiger partial charge is 0.163 e. The van der Waals surface area contributed by atoms with Crippen LogP contribution >= 0.6 is 11.8 Å². The molecule has 3 unspecified atom stereocenters. The summed E-state index contributed by atoms with van der Waals surface area (Å²) in [7, 11) is 0. The van der Waals surface area contributed by atoms with Gasteiger partial charge in [0, 0.05) is 41.7 Å². The van der Waals surface area contributed by atoms with Crippen molar-refractivity contribution in [2.24, 2.45) is 5.73 Å². The van der Waals surface area contributed by atoms with E-state index in [1.807, 2.05) is 11.8 Å². The van der Waals surface area contributed by atoms with Gasteiger partial charge in [-0.05, 0) is 12.5 Å². The third-order valence-electron chi connectivity index (χ3n) is 3.63. The third-order valence-corrected chi connectivity index (χ3v) is 4.86. The van der Waals surface area contributed by atoms with Crippen LogP contribution in [0, 0.1) is 11.6 Å². The van der Waals surface area contributed by atoms with E-state index in [1.165, 1.54) is 6.07 Å². The summed E-state index contributed by atoms with van der Waals surface area (Å²) in [6.07, 6.45) is 0.643. The number of halogens is 2. The van der Waals surface area contributed by atoms with E-state index in [2.05, 4.69) is 18.7 Å². The lowest BCUT2D eigenvalue weighted by Gasteiger charge is -2.35. The Morgan fingerprint density at radius 3 is 2.60 bits per heavy atom. The lowest BCUT2D eigenvalue weighted by Crippen LogP contribution is -2.41. The summed E-state index contributed by atoms with van der Waals surface area (Å²) in [5.41, 5.74) is 6.29. The second-order valence-electron chi connectivity index (χ2n) is 5.56. The quantitative estimate of drug-likeness (QED) is 0.926. The number of benzene rings is 1. The molecule has 1 aromatic carbocycles. The predicted molar refractivity (Wildman–Crippen MR) is 80.9 cm³/mol. The monoisotopic (exact) mass is 300 g/mol. The highest BCUT2D eigenvalue weighted by Gasteiger charge is 2.23. The predicted octanol–water partition coefficient (Wildman–Crippen LogP) is 3.18. The Bertz CT molecular complexity index is 445. The maximum absolute atomic E-state index is 13.7.